The molecule has 9 heteroatoms. The van der Waals surface area contributed by atoms with Gasteiger partial charge in [0, 0.05) is 5.38 Å². The molecule has 0 fully saturated rings. The molecule has 0 aliphatic rings. The van der Waals surface area contributed by atoms with Crippen molar-refractivity contribution in [2.45, 2.75) is 26.4 Å². The predicted octanol–water partition coefficient (Wildman–Crippen LogP) is 0.150. The van der Waals surface area contributed by atoms with E-state index in [1.165, 1.54) is 5.38 Å². The van der Waals surface area contributed by atoms with Crippen molar-refractivity contribution in [3.63, 3.8) is 0 Å². The highest BCUT2D eigenvalue weighted by Crippen LogP contribution is 2.10. The van der Waals surface area contributed by atoms with Crippen LogP contribution < -0.4 is 16.4 Å². The van der Waals surface area contributed by atoms with Crippen LogP contribution >= 0.6 is 11.3 Å². The first-order chi connectivity index (χ1) is 9.31. The first kappa shape index (κ1) is 15.9. The Hall–Kier alpha value is -2.16. The largest absolute Gasteiger partial charge is 0.476 e. The van der Waals surface area contributed by atoms with Crippen LogP contribution in [0.5, 0.6) is 0 Å². The normalized spacial score (nSPS) is 11.9. The molecule has 0 aliphatic carbocycles. The third-order valence-corrected chi connectivity index (χ3v) is 3.28. The molecule has 0 bridgehead atoms. The lowest BCUT2D eigenvalue weighted by molar-refractivity contribution is -0.124. The summed E-state index contributed by atoms with van der Waals surface area (Å²) in [7, 11) is 0. The topological polar surface area (TPSA) is 134 Å². The number of carbonyl (C=O) groups excluding carboxylic acids is 2. The summed E-state index contributed by atoms with van der Waals surface area (Å²) < 4.78 is 0. The minimum absolute atomic E-state index is 0.0603. The fourth-order valence-electron chi connectivity index (χ4n) is 1.45. The first-order valence-corrected chi connectivity index (χ1v) is 6.70. The molecule has 20 heavy (non-hydrogen) atoms. The van der Waals surface area contributed by atoms with Crippen LogP contribution in [0.2, 0.25) is 0 Å². The molecule has 0 aromatic carbocycles. The Kier molecular flexibility index (Phi) is 5.44. The molecule has 0 aliphatic heterocycles. The highest BCUT2D eigenvalue weighted by molar-refractivity contribution is 7.09. The minimum Gasteiger partial charge on any atom is -0.476 e. The number of hydrogen-bond acceptors (Lipinski definition) is 5. The van der Waals surface area contributed by atoms with E-state index in [0.29, 0.717) is 5.01 Å². The summed E-state index contributed by atoms with van der Waals surface area (Å²) in [4.78, 5) is 37.2. The maximum Gasteiger partial charge on any atom is 0.355 e. The second-order valence-electron chi connectivity index (χ2n) is 4.38. The van der Waals surface area contributed by atoms with E-state index in [9.17, 15) is 14.4 Å². The zero-order valence-electron chi connectivity index (χ0n) is 11.0. The molecule has 0 saturated heterocycles. The number of nitrogens with two attached hydrogens (primary N) is 1. The van der Waals surface area contributed by atoms with Gasteiger partial charge >= 0.3 is 12.0 Å². The van der Waals surface area contributed by atoms with Crippen molar-refractivity contribution < 1.29 is 19.5 Å². The van der Waals surface area contributed by atoms with Crippen LogP contribution in [0.25, 0.3) is 0 Å². The van der Waals surface area contributed by atoms with Gasteiger partial charge in [0.1, 0.15) is 11.0 Å². The number of aromatic carboxylic acids is 1. The summed E-state index contributed by atoms with van der Waals surface area (Å²) >= 11 is 1.14. The van der Waals surface area contributed by atoms with Crippen molar-refractivity contribution in [1.82, 2.24) is 15.6 Å². The van der Waals surface area contributed by atoms with Gasteiger partial charge in [-0.15, -0.1) is 11.3 Å². The number of aromatic nitrogens is 1. The number of urea groups is 1. The van der Waals surface area contributed by atoms with Gasteiger partial charge in [0.15, 0.2) is 5.69 Å². The first-order valence-electron chi connectivity index (χ1n) is 5.82. The minimum atomic E-state index is -1.12. The van der Waals surface area contributed by atoms with Crippen LogP contribution in [0, 0.1) is 5.92 Å². The Labute approximate surface area is 119 Å². The number of thiazole rings is 1. The standard InChI is InChI=1S/C11H16N4O4S/c1-5(2)8(15-11(12)19)9(16)13-3-7-14-6(4-20-7)10(17)18/h4-5,8H,3H2,1-2H3,(H,13,16)(H,17,18)(H3,12,15,19). The molecule has 0 spiro atoms. The van der Waals surface area contributed by atoms with Crippen LogP contribution in [0.15, 0.2) is 5.38 Å². The Bertz CT molecular complexity index is 514. The summed E-state index contributed by atoms with van der Waals surface area (Å²) in [5.74, 6) is -1.64. The van der Waals surface area contributed by atoms with E-state index in [4.69, 9.17) is 10.8 Å². The maximum atomic E-state index is 11.9. The van der Waals surface area contributed by atoms with Crippen molar-refractivity contribution in [1.29, 1.82) is 0 Å². The summed E-state index contributed by atoms with van der Waals surface area (Å²) in [6.45, 7) is 3.64. The Morgan fingerprint density at radius 3 is 2.55 bits per heavy atom. The van der Waals surface area contributed by atoms with Gasteiger partial charge in [-0.3, -0.25) is 4.79 Å². The third kappa shape index (κ3) is 4.50. The number of carbonyl (C=O) groups is 3. The number of carboxylic acid groups (broad SMARTS) is 1. The highest BCUT2D eigenvalue weighted by Gasteiger charge is 2.23. The summed E-state index contributed by atoms with van der Waals surface area (Å²) in [5, 5.41) is 15.5. The van der Waals surface area contributed by atoms with Crippen LogP contribution in [0.4, 0.5) is 4.79 Å². The fourth-order valence-corrected chi connectivity index (χ4v) is 2.16. The molecule has 1 aromatic rings. The Balaban J connectivity index is 2.59. The summed E-state index contributed by atoms with van der Waals surface area (Å²) in [6.07, 6.45) is 0. The molecule has 1 atom stereocenters. The van der Waals surface area contributed by atoms with Gasteiger partial charge < -0.3 is 21.5 Å². The van der Waals surface area contributed by atoms with E-state index in [-0.39, 0.29) is 18.2 Å². The lowest BCUT2D eigenvalue weighted by atomic mass is 10.0. The molecule has 1 heterocycles. The third-order valence-electron chi connectivity index (χ3n) is 2.43. The number of nitrogens with zero attached hydrogens (tertiary/aromatic N) is 1. The number of primary amides is 1. The van der Waals surface area contributed by atoms with Gasteiger partial charge in [-0.05, 0) is 5.92 Å². The van der Waals surface area contributed by atoms with Crippen molar-refractivity contribution in [2.75, 3.05) is 0 Å². The van der Waals surface area contributed by atoms with E-state index in [0.717, 1.165) is 11.3 Å². The zero-order chi connectivity index (χ0) is 15.3. The van der Waals surface area contributed by atoms with Crippen LogP contribution in [0.1, 0.15) is 29.3 Å². The second kappa shape index (κ2) is 6.85. The van der Waals surface area contributed by atoms with Crippen LogP contribution in [-0.4, -0.2) is 34.0 Å². The lowest BCUT2D eigenvalue weighted by Gasteiger charge is -2.20. The molecule has 8 nitrogen and oxygen atoms in total. The monoisotopic (exact) mass is 300 g/mol. The van der Waals surface area contributed by atoms with Gasteiger partial charge in [-0.25, -0.2) is 14.6 Å². The number of amides is 3. The van der Waals surface area contributed by atoms with Crippen LogP contribution in [0.3, 0.4) is 0 Å². The smallest absolute Gasteiger partial charge is 0.355 e. The number of rotatable bonds is 6. The van der Waals surface area contributed by atoms with E-state index in [1.807, 2.05) is 0 Å². The number of hydrogen-bond donors (Lipinski definition) is 4. The molecule has 5 N–H and O–H groups in total. The molecular weight excluding hydrogens is 284 g/mol. The van der Waals surface area contributed by atoms with Crippen LogP contribution in [-0.2, 0) is 11.3 Å². The Morgan fingerprint density at radius 1 is 1.45 bits per heavy atom. The molecule has 1 aromatic heterocycles. The van der Waals surface area contributed by atoms with Crippen molar-refractivity contribution in [2.24, 2.45) is 11.7 Å². The average Bonchev–Trinajstić information content (AvgIpc) is 2.81. The number of nitrogens with one attached hydrogen (secondary N) is 2. The Morgan fingerprint density at radius 2 is 2.10 bits per heavy atom. The molecule has 1 rings (SSSR count). The zero-order valence-corrected chi connectivity index (χ0v) is 11.9. The molecule has 3 amide bonds. The summed E-state index contributed by atoms with van der Waals surface area (Å²) in [5.41, 5.74) is 4.95. The average molecular weight is 300 g/mol. The predicted molar refractivity (Wildman–Crippen MR) is 72.3 cm³/mol. The SMILES string of the molecule is CC(C)C(NC(N)=O)C(=O)NCc1nc(C(=O)O)cs1. The van der Waals surface area contributed by atoms with Crippen molar-refractivity contribution in [3.05, 3.63) is 16.1 Å². The van der Waals surface area contributed by atoms with Gasteiger partial charge in [-0.2, -0.15) is 0 Å². The lowest BCUT2D eigenvalue weighted by Crippen LogP contribution is -2.51. The summed E-state index contributed by atoms with van der Waals surface area (Å²) in [6, 6.07) is -1.52. The van der Waals surface area contributed by atoms with Gasteiger partial charge in [0.2, 0.25) is 5.91 Å². The van der Waals surface area contributed by atoms with E-state index in [2.05, 4.69) is 15.6 Å². The van der Waals surface area contributed by atoms with Crippen molar-refractivity contribution >= 4 is 29.2 Å². The maximum absolute atomic E-state index is 11.9. The quantitative estimate of drug-likeness (QED) is 0.593. The fraction of sp³-hybridized carbons (Fsp3) is 0.455. The molecular formula is C11H16N4O4S. The van der Waals surface area contributed by atoms with Gasteiger partial charge in [-0.1, -0.05) is 13.8 Å². The molecule has 0 saturated carbocycles. The van der Waals surface area contributed by atoms with E-state index in [1.54, 1.807) is 13.8 Å². The highest BCUT2D eigenvalue weighted by atomic mass is 32.1. The van der Waals surface area contributed by atoms with Gasteiger partial charge in [0.25, 0.3) is 0 Å². The molecule has 0 radical (unpaired) electrons. The van der Waals surface area contributed by atoms with Crippen molar-refractivity contribution in [3.8, 4) is 0 Å². The number of carboxylic acids is 1. The molecule has 1 unspecified atom stereocenters. The second-order valence-corrected chi connectivity index (χ2v) is 5.32. The van der Waals surface area contributed by atoms with E-state index >= 15 is 0 Å². The van der Waals surface area contributed by atoms with Gasteiger partial charge in [0.05, 0.1) is 6.54 Å². The molecule has 110 valence electrons. The van der Waals surface area contributed by atoms with E-state index < -0.39 is 23.9 Å².